The molecule has 98 valence electrons. The summed E-state index contributed by atoms with van der Waals surface area (Å²) in [6.45, 7) is 0.522. The number of methoxy groups -OCH3 is 1. The molecule has 0 saturated carbocycles. The maximum absolute atomic E-state index is 11.3. The van der Waals surface area contributed by atoms with Crippen molar-refractivity contribution in [2.45, 2.75) is 17.7 Å². The lowest BCUT2D eigenvalue weighted by Gasteiger charge is -2.05. The first-order valence-corrected chi connectivity index (χ1v) is 6.84. The van der Waals surface area contributed by atoms with Gasteiger partial charge in [-0.3, -0.25) is 9.59 Å². The third-order valence-corrected chi connectivity index (χ3v) is 3.17. The van der Waals surface area contributed by atoms with Crippen molar-refractivity contribution in [3.8, 4) is 0 Å². The third kappa shape index (κ3) is 5.23. The van der Waals surface area contributed by atoms with E-state index in [2.05, 4.69) is 22.2 Å². The highest BCUT2D eigenvalue weighted by molar-refractivity contribution is 7.98. The summed E-state index contributed by atoms with van der Waals surface area (Å²) in [5.41, 5.74) is 1.16. The number of carbonyl (C=O) groups excluding carboxylic acids is 2. The van der Waals surface area contributed by atoms with Gasteiger partial charge in [-0.1, -0.05) is 12.1 Å². The Bertz CT molecular complexity index is 403. The van der Waals surface area contributed by atoms with Crippen LogP contribution in [0, 0.1) is 0 Å². The third-order valence-electron chi connectivity index (χ3n) is 2.43. The summed E-state index contributed by atoms with van der Waals surface area (Å²) in [5, 5.41) is 2.68. The smallest absolute Gasteiger partial charge is 0.315 e. The van der Waals surface area contributed by atoms with Crippen molar-refractivity contribution in [3.05, 3.63) is 29.8 Å². The number of nitrogens with one attached hydrogen (secondary N) is 1. The summed E-state index contributed by atoms with van der Waals surface area (Å²) in [7, 11) is 1.27. The van der Waals surface area contributed by atoms with Gasteiger partial charge in [-0.05, 0) is 30.4 Å². The molecule has 0 aliphatic rings. The number of hydrogen-bond acceptors (Lipinski definition) is 4. The van der Waals surface area contributed by atoms with Gasteiger partial charge in [0.15, 0.2) is 0 Å². The van der Waals surface area contributed by atoms with Crippen molar-refractivity contribution in [2.75, 3.05) is 19.9 Å². The summed E-state index contributed by atoms with van der Waals surface area (Å²) >= 11 is 1.69. The molecule has 0 aromatic heterocycles. The monoisotopic (exact) mass is 267 g/mol. The lowest BCUT2D eigenvalue weighted by Crippen LogP contribution is -2.28. The Labute approximate surface area is 111 Å². The molecule has 0 aliphatic carbocycles. The first-order chi connectivity index (χ1) is 8.65. The number of thioether (sulfide) groups is 1. The molecule has 18 heavy (non-hydrogen) atoms. The molecule has 0 atom stereocenters. The Morgan fingerprint density at radius 1 is 1.28 bits per heavy atom. The highest BCUT2D eigenvalue weighted by Gasteiger charge is 2.08. The van der Waals surface area contributed by atoms with Gasteiger partial charge in [0, 0.05) is 11.4 Å². The molecule has 4 nitrogen and oxygen atoms in total. The van der Waals surface area contributed by atoms with E-state index in [4.69, 9.17) is 0 Å². The van der Waals surface area contributed by atoms with Crippen molar-refractivity contribution in [3.63, 3.8) is 0 Å². The molecule has 0 spiro atoms. The molecule has 1 N–H and O–H groups in total. The maximum atomic E-state index is 11.3. The zero-order chi connectivity index (χ0) is 13.4. The Balaban J connectivity index is 2.28. The van der Waals surface area contributed by atoms with Gasteiger partial charge in [0.1, 0.15) is 6.42 Å². The fourth-order valence-corrected chi connectivity index (χ4v) is 1.81. The number of benzene rings is 1. The van der Waals surface area contributed by atoms with Gasteiger partial charge in [-0.2, -0.15) is 0 Å². The minimum absolute atomic E-state index is 0.220. The van der Waals surface area contributed by atoms with E-state index in [1.807, 2.05) is 18.4 Å². The van der Waals surface area contributed by atoms with Crippen LogP contribution in [-0.4, -0.2) is 31.8 Å². The molecule has 0 fully saturated rings. The zero-order valence-corrected chi connectivity index (χ0v) is 11.4. The predicted molar refractivity (Wildman–Crippen MR) is 71.6 cm³/mol. The standard InChI is InChI=1S/C13H17NO3S/c1-17-13(16)9-12(15)14-8-7-10-3-5-11(18-2)6-4-10/h3-6H,7-9H2,1-2H3,(H,14,15). The second-order valence-corrected chi connectivity index (χ2v) is 4.58. The Kier molecular flexibility index (Phi) is 6.28. The number of amides is 1. The van der Waals surface area contributed by atoms with Gasteiger partial charge in [-0.15, -0.1) is 11.8 Å². The first kappa shape index (κ1) is 14.6. The van der Waals surface area contributed by atoms with Gasteiger partial charge in [0.25, 0.3) is 0 Å². The molecule has 0 saturated heterocycles. The first-order valence-electron chi connectivity index (χ1n) is 5.62. The van der Waals surface area contributed by atoms with Crippen molar-refractivity contribution >= 4 is 23.6 Å². The number of rotatable bonds is 6. The average molecular weight is 267 g/mol. The van der Waals surface area contributed by atoms with Crippen LogP contribution in [0.5, 0.6) is 0 Å². The molecule has 0 bridgehead atoms. The Hall–Kier alpha value is -1.49. The lowest BCUT2D eigenvalue weighted by molar-refractivity contribution is -0.143. The van der Waals surface area contributed by atoms with E-state index >= 15 is 0 Å². The van der Waals surface area contributed by atoms with Crippen LogP contribution in [0.25, 0.3) is 0 Å². The quantitative estimate of drug-likeness (QED) is 0.483. The molecule has 1 rings (SSSR count). The number of ether oxygens (including phenoxy) is 1. The molecule has 0 aliphatic heterocycles. The van der Waals surface area contributed by atoms with E-state index in [9.17, 15) is 9.59 Å². The Morgan fingerprint density at radius 3 is 2.50 bits per heavy atom. The van der Waals surface area contributed by atoms with Gasteiger partial charge in [-0.25, -0.2) is 0 Å². The summed E-state index contributed by atoms with van der Waals surface area (Å²) in [6.07, 6.45) is 2.56. The van der Waals surface area contributed by atoms with Crippen molar-refractivity contribution < 1.29 is 14.3 Å². The molecule has 0 radical (unpaired) electrons. The molecular weight excluding hydrogens is 250 g/mol. The highest BCUT2D eigenvalue weighted by atomic mass is 32.2. The fourth-order valence-electron chi connectivity index (χ4n) is 1.40. The zero-order valence-electron chi connectivity index (χ0n) is 10.6. The minimum Gasteiger partial charge on any atom is -0.469 e. The van der Waals surface area contributed by atoms with Crippen LogP contribution < -0.4 is 5.32 Å². The van der Waals surface area contributed by atoms with Crippen LogP contribution in [0.3, 0.4) is 0 Å². The molecular formula is C13H17NO3S. The highest BCUT2D eigenvalue weighted by Crippen LogP contribution is 2.14. The fraction of sp³-hybridized carbons (Fsp3) is 0.385. The number of carbonyl (C=O) groups is 2. The van der Waals surface area contributed by atoms with Crippen molar-refractivity contribution in [1.82, 2.24) is 5.32 Å². The van der Waals surface area contributed by atoms with E-state index in [0.717, 1.165) is 12.0 Å². The normalized spacial score (nSPS) is 9.89. The van der Waals surface area contributed by atoms with Crippen LogP contribution in [0.2, 0.25) is 0 Å². The van der Waals surface area contributed by atoms with Crippen LogP contribution >= 0.6 is 11.8 Å². The summed E-state index contributed by atoms with van der Waals surface area (Å²) in [6, 6.07) is 8.18. The SMILES string of the molecule is COC(=O)CC(=O)NCCc1ccc(SC)cc1. The second kappa shape index (κ2) is 7.76. The minimum atomic E-state index is -0.517. The molecule has 1 aromatic rings. The van der Waals surface area contributed by atoms with Gasteiger partial charge < -0.3 is 10.1 Å². The van der Waals surface area contributed by atoms with E-state index in [0.29, 0.717) is 6.54 Å². The summed E-state index contributed by atoms with van der Waals surface area (Å²) < 4.78 is 4.41. The average Bonchev–Trinajstić information content (AvgIpc) is 2.39. The van der Waals surface area contributed by atoms with Crippen LogP contribution in [0.4, 0.5) is 0 Å². The van der Waals surface area contributed by atoms with Crippen LogP contribution in [-0.2, 0) is 20.7 Å². The van der Waals surface area contributed by atoms with Crippen molar-refractivity contribution in [1.29, 1.82) is 0 Å². The van der Waals surface area contributed by atoms with Crippen molar-refractivity contribution in [2.24, 2.45) is 0 Å². The number of esters is 1. The molecule has 0 heterocycles. The summed E-state index contributed by atoms with van der Waals surface area (Å²) in [4.78, 5) is 23.3. The predicted octanol–water partition coefficient (Wildman–Crippen LogP) is 1.63. The van der Waals surface area contributed by atoms with E-state index in [1.54, 1.807) is 11.8 Å². The topological polar surface area (TPSA) is 55.4 Å². The molecule has 1 aromatic carbocycles. The molecule has 1 amide bonds. The largest absolute Gasteiger partial charge is 0.469 e. The summed E-state index contributed by atoms with van der Waals surface area (Å²) in [5.74, 6) is -0.820. The Morgan fingerprint density at radius 2 is 1.94 bits per heavy atom. The molecule has 5 heteroatoms. The maximum Gasteiger partial charge on any atom is 0.315 e. The van der Waals surface area contributed by atoms with Crippen LogP contribution in [0.1, 0.15) is 12.0 Å². The second-order valence-electron chi connectivity index (χ2n) is 3.70. The molecule has 0 unspecified atom stereocenters. The van der Waals surface area contributed by atoms with Crippen LogP contribution in [0.15, 0.2) is 29.2 Å². The van der Waals surface area contributed by atoms with E-state index in [-0.39, 0.29) is 12.3 Å². The van der Waals surface area contributed by atoms with Gasteiger partial charge >= 0.3 is 5.97 Å². The van der Waals surface area contributed by atoms with Gasteiger partial charge in [0.2, 0.25) is 5.91 Å². The lowest BCUT2D eigenvalue weighted by atomic mass is 10.1. The van der Waals surface area contributed by atoms with E-state index < -0.39 is 5.97 Å². The number of hydrogen-bond donors (Lipinski definition) is 1. The van der Waals surface area contributed by atoms with Gasteiger partial charge in [0.05, 0.1) is 7.11 Å². The van der Waals surface area contributed by atoms with E-state index in [1.165, 1.54) is 12.0 Å².